The van der Waals surface area contributed by atoms with Crippen molar-refractivity contribution in [2.75, 3.05) is 0 Å². The SMILES string of the molecule is O=S(=O)(O)OOS(=O)(=O)O.S.[KH]. The van der Waals surface area contributed by atoms with E-state index >= 15 is 0 Å². The third-order valence-electron chi connectivity index (χ3n) is 0.200. The Hall–Kier alpha value is 1.73. The second-order valence-electron chi connectivity index (χ2n) is 0.992. The van der Waals surface area contributed by atoms with E-state index in [9.17, 15) is 16.8 Å². The predicted molar refractivity (Wildman–Crippen MR) is 42.8 cm³/mol. The van der Waals surface area contributed by atoms with Crippen molar-refractivity contribution in [1.29, 1.82) is 0 Å². The maximum atomic E-state index is 9.51. The van der Waals surface area contributed by atoms with Crippen LogP contribution in [0.5, 0.6) is 0 Å². The van der Waals surface area contributed by atoms with E-state index in [1.54, 1.807) is 0 Å². The molecule has 0 heterocycles. The number of rotatable bonds is 3. The molecule has 0 rings (SSSR count). The van der Waals surface area contributed by atoms with E-state index in [1.165, 1.54) is 0 Å². The third kappa shape index (κ3) is 17.7. The standard InChI is InChI=1S/K.H2O8S2.H2S.H/c;1-9(2,3)7-8-10(4,5)6;;/h;(H,1,2,3)(H,4,5,6);1H2;. The van der Waals surface area contributed by atoms with Crippen molar-refractivity contribution in [1.82, 2.24) is 0 Å². The van der Waals surface area contributed by atoms with Crippen LogP contribution in [0.3, 0.4) is 0 Å². The van der Waals surface area contributed by atoms with Crippen molar-refractivity contribution in [3.8, 4) is 0 Å². The zero-order chi connectivity index (χ0) is 8.41. The van der Waals surface area contributed by atoms with Crippen molar-refractivity contribution in [3.05, 3.63) is 0 Å². The second-order valence-corrected chi connectivity index (χ2v) is 2.97. The quantitative estimate of drug-likeness (QED) is 0.260. The Kier molecular flexibility index (Phi) is 11.4. The fourth-order valence-electron chi connectivity index (χ4n) is 0.0702. The summed E-state index contributed by atoms with van der Waals surface area (Å²) in [5.74, 6) is 0. The van der Waals surface area contributed by atoms with Gasteiger partial charge >= 0.3 is 72.2 Å². The van der Waals surface area contributed by atoms with Crippen LogP contribution in [0.4, 0.5) is 0 Å². The molecule has 0 aromatic heterocycles. The van der Waals surface area contributed by atoms with Gasteiger partial charge in [-0.2, -0.15) is 30.3 Å². The average molecular weight is 268 g/mol. The third-order valence-corrected chi connectivity index (χ3v) is 0.766. The summed E-state index contributed by atoms with van der Waals surface area (Å²) in [4.78, 5) is 0. The average Bonchev–Trinajstić information content (AvgIpc) is 1.57. The molecule has 0 aromatic carbocycles. The first-order chi connectivity index (χ1) is 4.21. The summed E-state index contributed by atoms with van der Waals surface area (Å²) in [5.41, 5.74) is 0. The van der Waals surface area contributed by atoms with E-state index in [0.717, 1.165) is 0 Å². The molecule has 0 aliphatic heterocycles. The van der Waals surface area contributed by atoms with E-state index < -0.39 is 20.8 Å². The Bertz CT molecular complexity index is 250. The molecule has 0 aromatic rings. The molecule has 12 heavy (non-hydrogen) atoms. The molecule has 0 amide bonds. The minimum absolute atomic E-state index is 0. The Morgan fingerprint density at radius 1 is 0.833 bits per heavy atom. The molecule has 2 N–H and O–H groups in total. The first-order valence-corrected chi connectivity index (χ1v) is 4.26. The molecule has 8 nitrogen and oxygen atoms in total. The predicted octanol–water partition coefficient (Wildman–Crippen LogP) is -2.00. The van der Waals surface area contributed by atoms with Crippen LogP contribution in [-0.2, 0) is 29.5 Å². The summed E-state index contributed by atoms with van der Waals surface area (Å²) in [6.07, 6.45) is 0. The van der Waals surface area contributed by atoms with Gasteiger partial charge in [0.2, 0.25) is 0 Å². The van der Waals surface area contributed by atoms with Crippen molar-refractivity contribution < 1.29 is 34.6 Å². The van der Waals surface area contributed by atoms with Crippen LogP contribution in [0.25, 0.3) is 0 Å². The van der Waals surface area contributed by atoms with Gasteiger partial charge in [-0.15, -0.1) is 0 Å². The van der Waals surface area contributed by atoms with Gasteiger partial charge in [0.1, 0.15) is 0 Å². The Morgan fingerprint density at radius 2 is 1.00 bits per heavy atom. The van der Waals surface area contributed by atoms with Gasteiger partial charge in [-0.25, -0.2) is 0 Å². The molecule has 12 heteroatoms. The molecule has 0 saturated carbocycles. The molecule has 0 saturated heterocycles. The van der Waals surface area contributed by atoms with Crippen LogP contribution in [-0.4, -0.2) is 77.3 Å². The Balaban J connectivity index is -0.000000405. The fraction of sp³-hybridized carbons (Fsp3) is 0. The van der Waals surface area contributed by atoms with E-state index in [4.69, 9.17) is 9.11 Å². The van der Waals surface area contributed by atoms with Gasteiger partial charge < -0.3 is 0 Å². The van der Waals surface area contributed by atoms with E-state index in [2.05, 4.69) is 8.67 Å². The molecule has 0 fully saturated rings. The van der Waals surface area contributed by atoms with Crippen molar-refractivity contribution in [2.45, 2.75) is 0 Å². The van der Waals surface area contributed by atoms with Crippen LogP contribution in [0.15, 0.2) is 0 Å². The van der Waals surface area contributed by atoms with E-state index in [-0.39, 0.29) is 64.9 Å². The zero-order valence-corrected chi connectivity index (χ0v) is 7.29. The molecule has 0 aliphatic carbocycles. The van der Waals surface area contributed by atoms with Crippen LogP contribution in [0.2, 0.25) is 0 Å². The second kappa shape index (κ2) is 7.08. The van der Waals surface area contributed by atoms with Crippen LogP contribution >= 0.6 is 13.5 Å². The molecule has 0 unspecified atom stereocenters. The van der Waals surface area contributed by atoms with Gasteiger partial charge in [0.25, 0.3) is 0 Å². The molecule has 0 atom stereocenters. The first kappa shape index (κ1) is 19.3. The summed E-state index contributed by atoms with van der Waals surface area (Å²) >= 11 is 0. The van der Waals surface area contributed by atoms with Crippen LogP contribution < -0.4 is 0 Å². The topological polar surface area (TPSA) is 127 Å². The van der Waals surface area contributed by atoms with Crippen molar-refractivity contribution in [2.24, 2.45) is 0 Å². The summed E-state index contributed by atoms with van der Waals surface area (Å²) in [5, 5.41) is 0. The number of hydrogen-bond acceptors (Lipinski definition) is 6. The van der Waals surface area contributed by atoms with Crippen molar-refractivity contribution >= 4 is 85.7 Å². The summed E-state index contributed by atoms with van der Waals surface area (Å²) < 4.78 is 58.9. The fourth-order valence-corrected chi connectivity index (χ4v) is 0.632. The van der Waals surface area contributed by atoms with Gasteiger partial charge in [0.05, 0.1) is 0 Å². The molecular weight excluding hydrogens is 263 g/mol. The Morgan fingerprint density at radius 3 is 1.08 bits per heavy atom. The number of hydrogen-bond donors (Lipinski definition) is 2. The van der Waals surface area contributed by atoms with Gasteiger partial charge in [-0.1, -0.05) is 8.67 Å². The zero-order valence-electron chi connectivity index (χ0n) is 4.66. The monoisotopic (exact) mass is 268 g/mol. The van der Waals surface area contributed by atoms with Gasteiger partial charge in [-0.3, -0.25) is 9.11 Å². The maximum absolute atomic E-state index is 9.51. The molecule has 0 aliphatic rings. The molecule has 0 bridgehead atoms. The van der Waals surface area contributed by atoms with Gasteiger partial charge in [-0.05, 0) is 0 Å². The molecular formula is H5KO8S3. The Labute approximate surface area is 118 Å². The van der Waals surface area contributed by atoms with Crippen LogP contribution in [0, 0.1) is 0 Å². The minimum atomic E-state index is -5.02. The van der Waals surface area contributed by atoms with Gasteiger partial charge in [0.15, 0.2) is 0 Å². The van der Waals surface area contributed by atoms with E-state index in [0.29, 0.717) is 0 Å². The summed E-state index contributed by atoms with van der Waals surface area (Å²) in [6, 6.07) is 0. The van der Waals surface area contributed by atoms with Gasteiger partial charge in [0, 0.05) is 0 Å². The first-order valence-electron chi connectivity index (χ1n) is 1.53. The molecule has 0 spiro atoms. The normalized spacial score (nSPS) is 11.2. The van der Waals surface area contributed by atoms with Crippen molar-refractivity contribution in [3.63, 3.8) is 0 Å². The van der Waals surface area contributed by atoms with E-state index in [1.807, 2.05) is 0 Å². The summed E-state index contributed by atoms with van der Waals surface area (Å²) in [7, 11) is -10.0. The summed E-state index contributed by atoms with van der Waals surface area (Å²) in [6.45, 7) is 0. The molecule has 72 valence electrons. The molecule has 0 radical (unpaired) electrons. The van der Waals surface area contributed by atoms with Crippen LogP contribution in [0.1, 0.15) is 0 Å².